The molecule has 1 N–H and O–H groups in total. The molecule has 2 aromatic heterocycles. The van der Waals surface area contributed by atoms with Crippen LogP contribution in [0.1, 0.15) is 12.6 Å². The molecule has 0 spiro atoms. The second kappa shape index (κ2) is 6.00. The Morgan fingerprint density at radius 1 is 1.39 bits per heavy atom. The first-order valence-corrected chi connectivity index (χ1v) is 5.95. The summed E-state index contributed by atoms with van der Waals surface area (Å²) < 4.78 is 7.11. The highest BCUT2D eigenvalue weighted by Gasteiger charge is 2.00. The van der Waals surface area contributed by atoms with Crippen molar-refractivity contribution in [2.75, 3.05) is 18.5 Å². The molecule has 0 saturated heterocycles. The SMILES string of the molecule is CCOc1cc(NCCc2ccn(C)n2)ncn1. The standard InChI is InChI=1S/C12H17N5O/c1-3-18-12-8-11(14-9-15-12)13-6-4-10-5-7-17(2)16-10/h5,7-9H,3-4,6H2,1-2H3,(H,13,14,15). The first-order valence-electron chi connectivity index (χ1n) is 5.95. The summed E-state index contributed by atoms with van der Waals surface area (Å²) >= 11 is 0. The first kappa shape index (κ1) is 12.3. The summed E-state index contributed by atoms with van der Waals surface area (Å²) in [5.41, 5.74) is 1.06. The van der Waals surface area contributed by atoms with Crippen molar-refractivity contribution in [3.63, 3.8) is 0 Å². The highest BCUT2D eigenvalue weighted by Crippen LogP contribution is 2.10. The van der Waals surface area contributed by atoms with E-state index in [1.54, 1.807) is 10.7 Å². The molecule has 2 aromatic rings. The van der Waals surface area contributed by atoms with Crippen molar-refractivity contribution in [1.82, 2.24) is 19.7 Å². The Balaban J connectivity index is 1.84. The molecule has 0 aliphatic rings. The van der Waals surface area contributed by atoms with Crippen LogP contribution in [-0.4, -0.2) is 32.9 Å². The van der Waals surface area contributed by atoms with E-state index in [-0.39, 0.29) is 0 Å². The van der Waals surface area contributed by atoms with Crippen LogP contribution in [0, 0.1) is 0 Å². The lowest BCUT2D eigenvalue weighted by Crippen LogP contribution is -2.07. The molecule has 18 heavy (non-hydrogen) atoms. The summed E-state index contributed by atoms with van der Waals surface area (Å²) in [6.45, 7) is 3.31. The third-order valence-electron chi connectivity index (χ3n) is 2.39. The molecular weight excluding hydrogens is 230 g/mol. The van der Waals surface area contributed by atoms with Crippen LogP contribution in [0.25, 0.3) is 0 Å². The van der Waals surface area contributed by atoms with Gasteiger partial charge in [-0.15, -0.1) is 0 Å². The predicted molar refractivity (Wildman–Crippen MR) is 68.6 cm³/mol. The number of hydrogen-bond donors (Lipinski definition) is 1. The topological polar surface area (TPSA) is 64.9 Å². The smallest absolute Gasteiger partial charge is 0.218 e. The second-order valence-corrected chi connectivity index (χ2v) is 3.83. The van der Waals surface area contributed by atoms with Gasteiger partial charge >= 0.3 is 0 Å². The van der Waals surface area contributed by atoms with Gasteiger partial charge in [0, 0.05) is 32.3 Å². The Morgan fingerprint density at radius 3 is 3.00 bits per heavy atom. The van der Waals surface area contributed by atoms with Crippen molar-refractivity contribution < 1.29 is 4.74 Å². The van der Waals surface area contributed by atoms with E-state index in [4.69, 9.17) is 4.74 Å². The number of aryl methyl sites for hydroxylation is 1. The maximum Gasteiger partial charge on any atom is 0.218 e. The highest BCUT2D eigenvalue weighted by atomic mass is 16.5. The number of aromatic nitrogens is 4. The van der Waals surface area contributed by atoms with Gasteiger partial charge in [0.2, 0.25) is 5.88 Å². The van der Waals surface area contributed by atoms with Crippen LogP contribution in [0.15, 0.2) is 24.7 Å². The van der Waals surface area contributed by atoms with Crippen LogP contribution < -0.4 is 10.1 Å². The van der Waals surface area contributed by atoms with Crippen molar-refractivity contribution in [3.8, 4) is 5.88 Å². The minimum atomic E-state index is 0.591. The molecule has 0 aromatic carbocycles. The fourth-order valence-electron chi connectivity index (χ4n) is 1.58. The van der Waals surface area contributed by atoms with Crippen LogP contribution in [0.2, 0.25) is 0 Å². The van der Waals surface area contributed by atoms with E-state index in [1.165, 1.54) is 6.33 Å². The molecule has 0 saturated carbocycles. The first-order chi connectivity index (χ1) is 8.78. The second-order valence-electron chi connectivity index (χ2n) is 3.83. The van der Waals surface area contributed by atoms with E-state index in [1.807, 2.05) is 26.2 Å². The lowest BCUT2D eigenvalue weighted by atomic mass is 10.3. The maximum absolute atomic E-state index is 5.31. The van der Waals surface area contributed by atoms with Gasteiger partial charge in [-0.25, -0.2) is 9.97 Å². The minimum Gasteiger partial charge on any atom is -0.478 e. The summed E-state index contributed by atoms with van der Waals surface area (Å²) in [5.74, 6) is 1.36. The Labute approximate surface area is 106 Å². The Morgan fingerprint density at radius 2 is 2.28 bits per heavy atom. The van der Waals surface area contributed by atoms with Gasteiger partial charge in [-0.1, -0.05) is 0 Å². The maximum atomic E-state index is 5.31. The average molecular weight is 247 g/mol. The molecule has 0 bridgehead atoms. The van der Waals surface area contributed by atoms with E-state index in [0.717, 1.165) is 24.5 Å². The molecular formula is C12H17N5O. The fourth-order valence-corrected chi connectivity index (χ4v) is 1.58. The van der Waals surface area contributed by atoms with E-state index in [9.17, 15) is 0 Å². The van der Waals surface area contributed by atoms with Gasteiger partial charge in [0.1, 0.15) is 12.1 Å². The zero-order valence-corrected chi connectivity index (χ0v) is 10.6. The molecule has 0 aliphatic carbocycles. The third-order valence-corrected chi connectivity index (χ3v) is 2.39. The van der Waals surface area contributed by atoms with Crippen molar-refractivity contribution in [2.45, 2.75) is 13.3 Å². The van der Waals surface area contributed by atoms with Crippen molar-refractivity contribution in [1.29, 1.82) is 0 Å². The largest absolute Gasteiger partial charge is 0.478 e. The lowest BCUT2D eigenvalue weighted by molar-refractivity contribution is 0.326. The monoisotopic (exact) mass is 247 g/mol. The Kier molecular flexibility index (Phi) is 4.11. The zero-order chi connectivity index (χ0) is 12.8. The number of ether oxygens (including phenoxy) is 1. The molecule has 96 valence electrons. The Bertz CT molecular complexity index is 497. The van der Waals surface area contributed by atoms with Crippen LogP contribution in [0.5, 0.6) is 5.88 Å². The summed E-state index contributed by atoms with van der Waals surface area (Å²) in [6.07, 6.45) is 4.29. The number of nitrogens with zero attached hydrogens (tertiary/aromatic N) is 4. The molecule has 0 fully saturated rings. The van der Waals surface area contributed by atoms with Gasteiger partial charge in [0.15, 0.2) is 0 Å². The van der Waals surface area contributed by atoms with E-state index in [0.29, 0.717) is 12.5 Å². The summed E-state index contributed by atoms with van der Waals surface area (Å²) in [5, 5.41) is 7.53. The van der Waals surface area contributed by atoms with E-state index >= 15 is 0 Å². The molecule has 0 aliphatic heterocycles. The van der Waals surface area contributed by atoms with Gasteiger partial charge in [0.25, 0.3) is 0 Å². The van der Waals surface area contributed by atoms with E-state index in [2.05, 4.69) is 20.4 Å². The van der Waals surface area contributed by atoms with Crippen LogP contribution >= 0.6 is 0 Å². The van der Waals surface area contributed by atoms with Crippen LogP contribution in [-0.2, 0) is 13.5 Å². The van der Waals surface area contributed by atoms with Crippen LogP contribution in [0.3, 0.4) is 0 Å². The molecule has 0 atom stereocenters. The van der Waals surface area contributed by atoms with Gasteiger partial charge in [-0.05, 0) is 13.0 Å². The number of hydrogen-bond acceptors (Lipinski definition) is 5. The number of anilines is 1. The zero-order valence-electron chi connectivity index (χ0n) is 10.6. The summed E-state index contributed by atoms with van der Waals surface area (Å²) in [7, 11) is 1.91. The van der Waals surface area contributed by atoms with Crippen molar-refractivity contribution in [2.24, 2.45) is 7.05 Å². The van der Waals surface area contributed by atoms with Gasteiger partial charge in [-0.2, -0.15) is 5.10 Å². The number of nitrogens with one attached hydrogen (secondary N) is 1. The van der Waals surface area contributed by atoms with E-state index < -0.39 is 0 Å². The van der Waals surface area contributed by atoms with Gasteiger partial charge in [-0.3, -0.25) is 4.68 Å². The molecule has 6 heteroatoms. The number of rotatable bonds is 6. The Hall–Kier alpha value is -2.11. The molecule has 6 nitrogen and oxygen atoms in total. The predicted octanol–water partition coefficient (Wildman–Crippen LogP) is 1.26. The van der Waals surface area contributed by atoms with Crippen LogP contribution in [0.4, 0.5) is 5.82 Å². The van der Waals surface area contributed by atoms with Crippen molar-refractivity contribution in [3.05, 3.63) is 30.4 Å². The summed E-state index contributed by atoms with van der Waals surface area (Å²) in [6, 6.07) is 3.80. The van der Waals surface area contributed by atoms with Gasteiger partial charge < -0.3 is 10.1 Å². The average Bonchev–Trinajstić information content (AvgIpc) is 2.76. The summed E-state index contributed by atoms with van der Waals surface area (Å²) in [4.78, 5) is 8.14. The molecule has 0 radical (unpaired) electrons. The molecule has 0 amide bonds. The quantitative estimate of drug-likeness (QED) is 0.832. The van der Waals surface area contributed by atoms with Crippen molar-refractivity contribution >= 4 is 5.82 Å². The third kappa shape index (κ3) is 3.44. The lowest BCUT2D eigenvalue weighted by Gasteiger charge is -2.06. The molecule has 2 heterocycles. The minimum absolute atomic E-state index is 0.591. The molecule has 2 rings (SSSR count). The highest BCUT2D eigenvalue weighted by molar-refractivity contribution is 5.37. The fraction of sp³-hybridized carbons (Fsp3) is 0.417. The molecule has 0 unspecified atom stereocenters. The normalized spacial score (nSPS) is 10.3. The van der Waals surface area contributed by atoms with Gasteiger partial charge in [0.05, 0.1) is 12.3 Å².